The smallest absolute Gasteiger partial charge is 0.335 e. The number of rotatable bonds is 9. The fraction of sp³-hybridized carbons (Fsp3) is 0.379. The van der Waals surface area contributed by atoms with Crippen LogP contribution in [0.15, 0.2) is 59.4 Å². The minimum atomic E-state index is -0.956. The molecular weight excluding hydrogens is 490 g/mol. The van der Waals surface area contributed by atoms with Gasteiger partial charge in [-0.3, -0.25) is 14.2 Å². The molecule has 0 bridgehead atoms. The molecule has 0 spiro atoms. The van der Waals surface area contributed by atoms with Gasteiger partial charge in [-0.1, -0.05) is 55.6 Å². The molecule has 1 aliphatic rings. The summed E-state index contributed by atoms with van der Waals surface area (Å²) in [4.78, 5) is 44.3. The summed E-state index contributed by atoms with van der Waals surface area (Å²) >= 11 is 6.02. The molecule has 8 heteroatoms. The van der Waals surface area contributed by atoms with E-state index in [-0.39, 0.29) is 29.5 Å². The molecule has 1 fully saturated rings. The molecule has 1 N–H and O–H groups in total. The Labute approximate surface area is 221 Å². The molecule has 194 valence electrons. The second kappa shape index (κ2) is 12.2. The molecule has 7 nitrogen and oxygen atoms in total. The highest BCUT2D eigenvalue weighted by molar-refractivity contribution is 6.30. The second-order valence-electron chi connectivity index (χ2n) is 9.55. The minimum Gasteiger partial charge on any atom is -0.478 e. The van der Waals surface area contributed by atoms with Gasteiger partial charge in [0.25, 0.3) is 5.56 Å². The number of amides is 1. The summed E-state index contributed by atoms with van der Waals surface area (Å²) < 4.78 is 1.52. The Kier molecular flexibility index (Phi) is 8.77. The molecule has 2 aromatic carbocycles. The topological polar surface area (TPSA) is 92.5 Å². The van der Waals surface area contributed by atoms with Crippen LogP contribution in [0.25, 0.3) is 11.3 Å². The summed E-state index contributed by atoms with van der Waals surface area (Å²) in [5.74, 6) is -0.307. The van der Waals surface area contributed by atoms with E-state index in [1.54, 1.807) is 24.3 Å². The highest BCUT2D eigenvalue weighted by Gasteiger charge is 2.26. The number of carbonyl (C=O) groups is 2. The van der Waals surface area contributed by atoms with Gasteiger partial charge >= 0.3 is 5.97 Å². The second-order valence-corrected chi connectivity index (χ2v) is 9.99. The van der Waals surface area contributed by atoms with Crippen LogP contribution in [0.4, 0.5) is 0 Å². The molecule has 4 rings (SSSR count). The van der Waals surface area contributed by atoms with E-state index in [9.17, 15) is 14.4 Å². The molecule has 0 aliphatic carbocycles. The molecule has 1 amide bonds. The maximum Gasteiger partial charge on any atom is 0.335 e. The Bertz CT molecular complexity index is 1300. The van der Waals surface area contributed by atoms with Gasteiger partial charge in [0.1, 0.15) is 12.4 Å². The van der Waals surface area contributed by atoms with Crippen molar-refractivity contribution in [3.63, 3.8) is 0 Å². The first-order valence-corrected chi connectivity index (χ1v) is 13.2. The first-order valence-electron chi connectivity index (χ1n) is 12.8. The van der Waals surface area contributed by atoms with Crippen LogP contribution in [0, 0.1) is 0 Å². The number of carboxylic acid groups (broad SMARTS) is 1. The number of likely N-dealkylation sites (tertiary alicyclic amines) is 1. The maximum atomic E-state index is 13.4. The molecule has 37 heavy (non-hydrogen) atoms. The molecule has 1 aromatic heterocycles. The van der Waals surface area contributed by atoms with Gasteiger partial charge in [0.05, 0.1) is 11.3 Å². The van der Waals surface area contributed by atoms with Gasteiger partial charge in [-0.15, -0.1) is 0 Å². The number of piperidine rings is 1. The Morgan fingerprint density at radius 1 is 1.08 bits per heavy atom. The van der Waals surface area contributed by atoms with Crippen LogP contribution < -0.4 is 5.56 Å². The molecular formula is C29H32ClN3O4. The molecule has 3 aromatic rings. The van der Waals surface area contributed by atoms with Crippen LogP contribution in [0.5, 0.6) is 0 Å². The van der Waals surface area contributed by atoms with Gasteiger partial charge in [-0.25, -0.2) is 9.78 Å². The predicted octanol–water partition coefficient (Wildman–Crippen LogP) is 5.40. The Balaban J connectivity index is 1.53. The van der Waals surface area contributed by atoms with E-state index >= 15 is 0 Å². The lowest BCUT2D eigenvalue weighted by Crippen LogP contribution is -2.42. The van der Waals surface area contributed by atoms with Crippen LogP contribution in [-0.2, 0) is 17.8 Å². The maximum absolute atomic E-state index is 13.4. The molecule has 2 heterocycles. The van der Waals surface area contributed by atoms with Gasteiger partial charge in [0, 0.05) is 42.1 Å². The standard InChI is InChI=1S/C29H32ClN3O4/c1-2-3-4-7-26-31-25(21-12-14-24(30)15-13-21)17-27(34)33(26)19-28(35)32-16-5-6-23(18-32)20-8-10-22(11-9-20)29(36)37/h8-15,17,23H,2-7,16,18-19H2,1H3,(H,36,37). The average Bonchev–Trinajstić information content (AvgIpc) is 2.91. The first-order chi connectivity index (χ1) is 17.9. The number of unbranched alkanes of at least 4 members (excludes halogenated alkanes) is 2. The number of halogens is 1. The van der Waals surface area contributed by atoms with Crippen molar-refractivity contribution in [1.29, 1.82) is 0 Å². The van der Waals surface area contributed by atoms with Crippen LogP contribution in [0.1, 0.15) is 66.7 Å². The zero-order valence-electron chi connectivity index (χ0n) is 21.0. The molecule has 1 atom stereocenters. The lowest BCUT2D eigenvalue weighted by molar-refractivity contribution is -0.133. The summed E-state index contributed by atoms with van der Waals surface area (Å²) in [5.41, 5.74) is 2.42. The highest BCUT2D eigenvalue weighted by Crippen LogP contribution is 2.27. The average molecular weight is 522 g/mol. The molecule has 0 saturated carbocycles. The Hall–Kier alpha value is -3.45. The number of hydrogen-bond donors (Lipinski definition) is 1. The SMILES string of the molecule is CCCCCc1nc(-c2ccc(Cl)cc2)cc(=O)n1CC(=O)N1CCCC(c2ccc(C(=O)O)cc2)C1. The van der Waals surface area contributed by atoms with E-state index in [0.717, 1.165) is 43.2 Å². The van der Waals surface area contributed by atoms with E-state index in [0.29, 0.717) is 36.1 Å². The molecule has 0 radical (unpaired) electrons. The van der Waals surface area contributed by atoms with E-state index < -0.39 is 5.97 Å². The number of hydrogen-bond acceptors (Lipinski definition) is 4. The summed E-state index contributed by atoms with van der Waals surface area (Å²) in [6, 6.07) is 15.6. The van der Waals surface area contributed by atoms with Crippen LogP contribution in [0.3, 0.4) is 0 Å². The summed E-state index contributed by atoms with van der Waals surface area (Å²) in [6.45, 7) is 3.26. The quantitative estimate of drug-likeness (QED) is 0.380. The van der Waals surface area contributed by atoms with Crippen LogP contribution in [-0.4, -0.2) is 44.5 Å². The molecule has 1 aliphatic heterocycles. The summed E-state index contributed by atoms with van der Waals surface area (Å²) in [6.07, 6.45) is 5.35. The first kappa shape index (κ1) is 26.6. The third-order valence-corrected chi connectivity index (χ3v) is 7.18. The van der Waals surface area contributed by atoms with Gasteiger partial charge in [-0.2, -0.15) is 0 Å². The summed E-state index contributed by atoms with van der Waals surface area (Å²) in [5, 5.41) is 9.77. The van der Waals surface area contributed by atoms with Crippen molar-refractivity contribution >= 4 is 23.5 Å². The fourth-order valence-electron chi connectivity index (χ4n) is 4.82. The van der Waals surface area contributed by atoms with Crippen molar-refractivity contribution in [3.05, 3.63) is 86.9 Å². The lowest BCUT2D eigenvalue weighted by Gasteiger charge is -2.33. The zero-order chi connectivity index (χ0) is 26.4. The number of nitrogens with zero attached hydrogens (tertiary/aromatic N) is 3. The highest BCUT2D eigenvalue weighted by atomic mass is 35.5. The largest absolute Gasteiger partial charge is 0.478 e. The Morgan fingerprint density at radius 2 is 1.81 bits per heavy atom. The predicted molar refractivity (Wildman–Crippen MR) is 144 cm³/mol. The van der Waals surface area contributed by atoms with Gasteiger partial charge in [0.15, 0.2) is 0 Å². The normalized spacial score (nSPS) is 15.5. The molecule has 1 saturated heterocycles. The van der Waals surface area contributed by atoms with Gasteiger partial charge in [-0.05, 0) is 49.1 Å². The molecule has 1 unspecified atom stereocenters. The van der Waals surface area contributed by atoms with Gasteiger partial charge < -0.3 is 10.0 Å². The third kappa shape index (κ3) is 6.66. The monoisotopic (exact) mass is 521 g/mol. The van der Waals surface area contributed by atoms with Gasteiger partial charge in [0.2, 0.25) is 5.91 Å². The number of aromatic nitrogens is 2. The van der Waals surface area contributed by atoms with E-state index in [4.69, 9.17) is 21.7 Å². The van der Waals surface area contributed by atoms with Crippen molar-refractivity contribution in [1.82, 2.24) is 14.5 Å². The Morgan fingerprint density at radius 3 is 2.49 bits per heavy atom. The van der Waals surface area contributed by atoms with Crippen molar-refractivity contribution in [2.75, 3.05) is 13.1 Å². The number of benzene rings is 2. The number of carbonyl (C=O) groups excluding carboxylic acids is 1. The fourth-order valence-corrected chi connectivity index (χ4v) is 4.95. The van der Waals surface area contributed by atoms with Crippen LogP contribution in [0.2, 0.25) is 5.02 Å². The third-order valence-electron chi connectivity index (χ3n) is 6.93. The van der Waals surface area contributed by atoms with E-state index in [2.05, 4.69) is 6.92 Å². The minimum absolute atomic E-state index is 0.0428. The number of aromatic carboxylic acids is 1. The van der Waals surface area contributed by atoms with Crippen LogP contribution >= 0.6 is 11.6 Å². The van der Waals surface area contributed by atoms with Crippen molar-refractivity contribution in [3.8, 4) is 11.3 Å². The van der Waals surface area contributed by atoms with E-state index in [1.165, 1.54) is 10.6 Å². The number of aryl methyl sites for hydroxylation is 1. The van der Waals surface area contributed by atoms with Crippen molar-refractivity contribution < 1.29 is 14.7 Å². The van der Waals surface area contributed by atoms with E-state index in [1.807, 2.05) is 29.2 Å². The van der Waals surface area contributed by atoms with Crippen molar-refractivity contribution in [2.45, 2.75) is 57.9 Å². The lowest BCUT2D eigenvalue weighted by atomic mass is 9.90. The zero-order valence-corrected chi connectivity index (χ0v) is 21.8. The summed E-state index contributed by atoms with van der Waals surface area (Å²) in [7, 11) is 0. The number of carboxylic acids is 1. The van der Waals surface area contributed by atoms with Crippen molar-refractivity contribution in [2.24, 2.45) is 0 Å².